The van der Waals surface area contributed by atoms with E-state index in [9.17, 15) is 0 Å². The molecule has 0 aliphatic heterocycles. The Bertz CT molecular complexity index is 161. The fourth-order valence-electron chi connectivity index (χ4n) is 1.05. The highest BCUT2D eigenvalue weighted by atomic mass is 28.4. The van der Waals surface area contributed by atoms with Crippen LogP contribution in [0, 0.1) is 0 Å². The third-order valence-corrected chi connectivity index (χ3v) is 6.46. The molecule has 0 aromatic heterocycles. The van der Waals surface area contributed by atoms with Crippen LogP contribution in [-0.2, 0) is 4.43 Å². The van der Waals surface area contributed by atoms with Gasteiger partial charge in [-0.05, 0) is 38.9 Å². The van der Waals surface area contributed by atoms with Gasteiger partial charge in [0.15, 0.2) is 8.32 Å². The summed E-state index contributed by atoms with van der Waals surface area (Å²) in [5, 5.41) is 0. The average Bonchev–Trinajstić information content (AvgIpc) is 2.04. The van der Waals surface area contributed by atoms with E-state index in [1.807, 2.05) is 7.11 Å². The summed E-state index contributed by atoms with van der Waals surface area (Å²) in [5.41, 5.74) is 2.18. The van der Waals surface area contributed by atoms with E-state index in [2.05, 4.69) is 39.9 Å². The Balaban J connectivity index is 4.12. The Morgan fingerprint density at radius 1 is 1.50 bits per heavy atom. The van der Waals surface area contributed by atoms with E-state index < -0.39 is 8.32 Å². The number of hydrogen-bond acceptors (Lipinski definition) is 1. The predicted octanol–water partition coefficient (Wildman–Crippen LogP) is 3.58. The Morgan fingerprint density at radius 3 is 2.33 bits per heavy atom. The van der Waals surface area contributed by atoms with Crippen LogP contribution >= 0.6 is 0 Å². The van der Waals surface area contributed by atoms with Crippen LogP contribution in [0.3, 0.4) is 0 Å². The van der Waals surface area contributed by atoms with Crippen LogP contribution in [-0.4, -0.2) is 15.4 Å². The summed E-state index contributed by atoms with van der Waals surface area (Å²) in [4.78, 5) is 0. The molecule has 1 unspecified atom stereocenters. The third-order valence-electron chi connectivity index (χ3n) is 2.83. The second-order valence-electron chi connectivity index (χ2n) is 4.05. The summed E-state index contributed by atoms with van der Waals surface area (Å²) >= 11 is 0. The molecule has 72 valence electrons. The fourth-order valence-corrected chi connectivity index (χ4v) is 2.26. The molecule has 0 rings (SSSR count). The van der Waals surface area contributed by atoms with E-state index in [4.69, 9.17) is 4.43 Å². The van der Waals surface area contributed by atoms with Crippen LogP contribution in [0.15, 0.2) is 11.6 Å². The van der Waals surface area contributed by atoms with Gasteiger partial charge in [-0.15, -0.1) is 0 Å². The van der Waals surface area contributed by atoms with Crippen molar-refractivity contribution in [3.05, 3.63) is 11.6 Å². The highest BCUT2D eigenvalue weighted by molar-refractivity contribution is 6.72. The monoisotopic (exact) mass is 186 g/mol. The lowest BCUT2D eigenvalue weighted by molar-refractivity contribution is 0.391. The molecule has 0 saturated carbocycles. The van der Waals surface area contributed by atoms with E-state index in [1.54, 1.807) is 0 Å². The fraction of sp³-hybridized carbons (Fsp3) is 0.800. The molecule has 1 nitrogen and oxygen atoms in total. The van der Waals surface area contributed by atoms with Gasteiger partial charge in [0.25, 0.3) is 0 Å². The molecule has 0 aromatic carbocycles. The predicted molar refractivity (Wildman–Crippen MR) is 58.0 cm³/mol. The Kier molecular flexibility index (Phi) is 4.79. The lowest BCUT2D eigenvalue weighted by Crippen LogP contribution is -2.33. The maximum Gasteiger partial charge on any atom is 0.189 e. The molecular formula is C10H22OSi. The quantitative estimate of drug-likeness (QED) is 0.481. The highest BCUT2D eigenvalue weighted by Crippen LogP contribution is 2.28. The number of hydrogen-bond donors (Lipinski definition) is 0. The van der Waals surface area contributed by atoms with E-state index in [0.717, 1.165) is 0 Å². The van der Waals surface area contributed by atoms with Crippen molar-refractivity contribution < 1.29 is 4.43 Å². The van der Waals surface area contributed by atoms with Gasteiger partial charge in [0.05, 0.1) is 0 Å². The second-order valence-corrected chi connectivity index (χ2v) is 8.65. The summed E-state index contributed by atoms with van der Waals surface area (Å²) in [6.45, 7) is 11.1. The van der Waals surface area contributed by atoms with Gasteiger partial charge in [-0.2, -0.15) is 0 Å². The molecule has 0 radical (unpaired) electrons. The van der Waals surface area contributed by atoms with Gasteiger partial charge >= 0.3 is 0 Å². The molecule has 0 amide bonds. The molecule has 0 spiro atoms. The van der Waals surface area contributed by atoms with Gasteiger partial charge in [0, 0.05) is 7.11 Å². The van der Waals surface area contributed by atoms with Crippen molar-refractivity contribution in [3.63, 3.8) is 0 Å². The van der Waals surface area contributed by atoms with Crippen molar-refractivity contribution in [1.29, 1.82) is 0 Å². The molecule has 0 bridgehead atoms. The van der Waals surface area contributed by atoms with Crippen molar-refractivity contribution in [2.45, 2.75) is 45.8 Å². The van der Waals surface area contributed by atoms with Gasteiger partial charge in [0.2, 0.25) is 0 Å². The zero-order valence-corrected chi connectivity index (χ0v) is 10.3. The highest BCUT2D eigenvalue weighted by Gasteiger charge is 2.28. The van der Waals surface area contributed by atoms with Crippen LogP contribution in [0.25, 0.3) is 0 Å². The van der Waals surface area contributed by atoms with Crippen LogP contribution < -0.4 is 0 Å². The van der Waals surface area contributed by atoms with Crippen molar-refractivity contribution in [3.8, 4) is 0 Å². The van der Waals surface area contributed by atoms with Crippen molar-refractivity contribution >= 4 is 8.32 Å². The van der Waals surface area contributed by atoms with Crippen molar-refractivity contribution in [1.82, 2.24) is 0 Å². The van der Waals surface area contributed by atoms with Crippen molar-refractivity contribution in [2.24, 2.45) is 0 Å². The maximum atomic E-state index is 5.56. The summed E-state index contributed by atoms with van der Waals surface area (Å²) in [7, 11) is 0.440. The third kappa shape index (κ3) is 3.54. The summed E-state index contributed by atoms with van der Waals surface area (Å²) in [5.74, 6) is 0. The van der Waals surface area contributed by atoms with Crippen LogP contribution in [0.1, 0.15) is 27.2 Å². The lowest BCUT2D eigenvalue weighted by Gasteiger charge is -2.27. The molecule has 12 heavy (non-hydrogen) atoms. The van der Waals surface area contributed by atoms with Gasteiger partial charge in [-0.25, -0.2) is 0 Å². The summed E-state index contributed by atoms with van der Waals surface area (Å²) < 4.78 is 5.56. The molecule has 0 saturated heterocycles. The molecular weight excluding hydrogens is 164 g/mol. The first-order chi connectivity index (χ1) is 5.44. The van der Waals surface area contributed by atoms with Gasteiger partial charge < -0.3 is 4.43 Å². The van der Waals surface area contributed by atoms with Crippen LogP contribution in [0.5, 0.6) is 0 Å². The largest absolute Gasteiger partial charge is 0.420 e. The molecule has 0 aliphatic carbocycles. The standard InChI is InChI=1S/C10H22OSi/c1-7-9(2)8-10(3)12(5,6)11-4/h7,10H,8H2,1-6H3. The Labute approximate surface area is 78.0 Å². The number of allylic oxidation sites excluding steroid dienone is 2. The number of rotatable bonds is 4. The van der Waals surface area contributed by atoms with Crippen LogP contribution in [0.4, 0.5) is 0 Å². The molecule has 0 aliphatic rings. The minimum atomic E-state index is -1.40. The molecule has 0 heterocycles. The van der Waals surface area contributed by atoms with E-state index in [1.165, 1.54) is 12.0 Å². The van der Waals surface area contributed by atoms with Crippen molar-refractivity contribution in [2.75, 3.05) is 7.11 Å². The first kappa shape index (κ1) is 11.9. The average molecular weight is 186 g/mol. The molecule has 1 atom stereocenters. The maximum absolute atomic E-state index is 5.56. The summed E-state index contributed by atoms with van der Waals surface area (Å²) in [6, 6.07) is 0. The minimum Gasteiger partial charge on any atom is -0.420 e. The molecule has 0 N–H and O–H groups in total. The van der Waals surface area contributed by atoms with E-state index in [0.29, 0.717) is 5.54 Å². The van der Waals surface area contributed by atoms with E-state index >= 15 is 0 Å². The van der Waals surface area contributed by atoms with Gasteiger partial charge in [0.1, 0.15) is 0 Å². The van der Waals surface area contributed by atoms with Gasteiger partial charge in [-0.3, -0.25) is 0 Å². The zero-order chi connectivity index (χ0) is 9.78. The Hall–Kier alpha value is -0.0831. The lowest BCUT2D eigenvalue weighted by atomic mass is 10.2. The Morgan fingerprint density at radius 2 is 2.00 bits per heavy atom. The normalized spacial score (nSPS) is 16.3. The van der Waals surface area contributed by atoms with Crippen LogP contribution in [0.2, 0.25) is 18.6 Å². The molecule has 0 aromatic rings. The summed E-state index contributed by atoms with van der Waals surface area (Å²) in [6.07, 6.45) is 3.38. The zero-order valence-electron chi connectivity index (χ0n) is 9.27. The molecule has 2 heteroatoms. The second kappa shape index (κ2) is 4.82. The topological polar surface area (TPSA) is 9.23 Å². The SMILES string of the molecule is CC=C(C)CC(C)[Si](C)(C)OC. The minimum absolute atomic E-state index is 0.707. The smallest absolute Gasteiger partial charge is 0.189 e. The van der Waals surface area contributed by atoms with E-state index in [-0.39, 0.29) is 0 Å². The first-order valence-electron chi connectivity index (χ1n) is 4.61. The molecule has 0 fully saturated rings. The first-order valence-corrected chi connectivity index (χ1v) is 7.59. The van der Waals surface area contributed by atoms with Gasteiger partial charge in [-0.1, -0.05) is 18.6 Å².